The number of hydrogen-bond acceptors (Lipinski definition) is 10. The molecule has 0 aliphatic carbocycles. The standard InChI is InChI=1S/C23H29N7O3/c1-16(31)28(2)21-19-20(26-23(27-21)30-10-14-33-15-11-30)25-22(29-8-12-32-13-9-29)18(24-19)17-6-4-3-5-7-17/h3-7,16,31H,8-15H2,1-2H3. The number of hydrogen-bond donors (Lipinski definition) is 1. The Kier molecular flexibility index (Phi) is 6.21. The van der Waals surface area contributed by atoms with Crippen LogP contribution in [0.1, 0.15) is 6.92 Å². The summed E-state index contributed by atoms with van der Waals surface area (Å²) in [5.74, 6) is 1.91. The first-order chi connectivity index (χ1) is 16.1. The molecule has 2 aliphatic heterocycles. The van der Waals surface area contributed by atoms with Crippen molar-refractivity contribution in [1.29, 1.82) is 0 Å². The summed E-state index contributed by atoms with van der Waals surface area (Å²) in [5.41, 5.74) is 2.81. The van der Waals surface area contributed by atoms with E-state index in [1.165, 1.54) is 0 Å². The van der Waals surface area contributed by atoms with Crippen molar-refractivity contribution in [2.45, 2.75) is 13.2 Å². The largest absolute Gasteiger partial charge is 0.378 e. The molecule has 5 rings (SSSR count). The highest BCUT2D eigenvalue weighted by atomic mass is 16.5. The average molecular weight is 452 g/mol. The van der Waals surface area contributed by atoms with Crippen LogP contribution in [0.25, 0.3) is 22.4 Å². The van der Waals surface area contributed by atoms with Crippen LogP contribution in [0.3, 0.4) is 0 Å². The van der Waals surface area contributed by atoms with Crippen LogP contribution in [-0.4, -0.2) is 90.9 Å². The summed E-state index contributed by atoms with van der Waals surface area (Å²) in [7, 11) is 1.80. The SMILES string of the molecule is CC(O)N(C)c1nc(N2CCOCC2)nc2nc(N3CCOCC3)c(-c3ccccc3)nc12. The lowest BCUT2D eigenvalue weighted by Gasteiger charge is -2.31. The maximum atomic E-state index is 10.3. The van der Waals surface area contributed by atoms with Gasteiger partial charge in [0.1, 0.15) is 11.9 Å². The van der Waals surface area contributed by atoms with Gasteiger partial charge in [-0.2, -0.15) is 9.97 Å². The summed E-state index contributed by atoms with van der Waals surface area (Å²) in [6.07, 6.45) is -0.749. The molecular formula is C23H29N7O3. The lowest BCUT2D eigenvalue weighted by atomic mass is 10.1. The van der Waals surface area contributed by atoms with E-state index in [0.717, 1.165) is 30.2 Å². The fraction of sp³-hybridized carbons (Fsp3) is 0.478. The van der Waals surface area contributed by atoms with Gasteiger partial charge < -0.3 is 29.3 Å². The van der Waals surface area contributed by atoms with Crippen LogP contribution in [0.5, 0.6) is 0 Å². The Morgan fingerprint density at radius 1 is 0.879 bits per heavy atom. The van der Waals surface area contributed by atoms with E-state index in [4.69, 9.17) is 29.4 Å². The summed E-state index contributed by atoms with van der Waals surface area (Å²) in [6, 6.07) is 10.0. The van der Waals surface area contributed by atoms with E-state index >= 15 is 0 Å². The molecule has 0 radical (unpaired) electrons. The third kappa shape index (κ3) is 4.41. The van der Waals surface area contributed by atoms with E-state index in [1.54, 1.807) is 18.9 Å². The molecule has 174 valence electrons. The minimum atomic E-state index is -0.749. The number of benzene rings is 1. The summed E-state index contributed by atoms with van der Waals surface area (Å²) < 4.78 is 11.1. The van der Waals surface area contributed by atoms with Gasteiger partial charge in [0.25, 0.3) is 0 Å². The van der Waals surface area contributed by atoms with E-state index in [9.17, 15) is 5.11 Å². The van der Waals surface area contributed by atoms with Gasteiger partial charge in [-0.1, -0.05) is 30.3 Å². The zero-order chi connectivity index (χ0) is 22.8. The highest BCUT2D eigenvalue weighted by Crippen LogP contribution is 2.33. The molecule has 4 heterocycles. The quantitative estimate of drug-likeness (QED) is 0.575. The van der Waals surface area contributed by atoms with Crippen LogP contribution >= 0.6 is 0 Å². The first kappa shape index (κ1) is 21.7. The molecule has 10 nitrogen and oxygen atoms in total. The van der Waals surface area contributed by atoms with Crippen molar-refractivity contribution < 1.29 is 14.6 Å². The van der Waals surface area contributed by atoms with Crippen molar-refractivity contribution in [1.82, 2.24) is 19.9 Å². The Morgan fingerprint density at radius 3 is 2.15 bits per heavy atom. The molecule has 1 atom stereocenters. The minimum absolute atomic E-state index is 0.509. The summed E-state index contributed by atoms with van der Waals surface area (Å²) in [4.78, 5) is 25.7. The highest BCUT2D eigenvalue weighted by Gasteiger charge is 2.25. The van der Waals surface area contributed by atoms with Crippen LogP contribution in [0.2, 0.25) is 0 Å². The number of ether oxygens (including phenoxy) is 2. The first-order valence-corrected chi connectivity index (χ1v) is 11.3. The Balaban J connectivity index is 1.72. The Labute approximate surface area is 192 Å². The van der Waals surface area contributed by atoms with Gasteiger partial charge in [-0.05, 0) is 6.92 Å². The Morgan fingerprint density at radius 2 is 1.52 bits per heavy atom. The van der Waals surface area contributed by atoms with Gasteiger partial charge >= 0.3 is 0 Å². The van der Waals surface area contributed by atoms with Gasteiger partial charge in [-0.3, -0.25) is 0 Å². The predicted molar refractivity (Wildman–Crippen MR) is 127 cm³/mol. The highest BCUT2D eigenvalue weighted by molar-refractivity contribution is 5.89. The summed E-state index contributed by atoms with van der Waals surface area (Å²) in [6.45, 7) is 7.13. The number of rotatable bonds is 5. The van der Waals surface area contributed by atoms with Crippen molar-refractivity contribution in [3.63, 3.8) is 0 Å². The predicted octanol–water partition coefficient (Wildman–Crippen LogP) is 1.53. The van der Waals surface area contributed by atoms with Crippen LogP contribution in [0.15, 0.2) is 30.3 Å². The van der Waals surface area contributed by atoms with E-state index in [2.05, 4.69) is 9.80 Å². The first-order valence-electron chi connectivity index (χ1n) is 11.3. The van der Waals surface area contributed by atoms with Gasteiger partial charge in [-0.25, -0.2) is 9.97 Å². The Bertz CT molecular complexity index is 1100. The topological polar surface area (TPSA) is 100.0 Å². The number of morpholine rings is 2. The molecule has 2 aromatic heterocycles. The number of anilines is 3. The molecule has 33 heavy (non-hydrogen) atoms. The lowest BCUT2D eigenvalue weighted by molar-refractivity contribution is 0.122. The van der Waals surface area contributed by atoms with E-state index in [-0.39, 0.29) is 0 Å². The molecule has 2 aliphatic rings. The monoisotopic (exact) mass is 451 g/mol. The number of fused-ring (bicyclic) bond motifs is 1. The average Bonchev–Trinajstić information content (AvgIpc) is 2.88. The van der Waals surface area contributed by atoms with Crippen LogP contribution in [-0.2, 0) is 9.47 Å². The van der Waals surface area contributed by atoms with E-state index < -0.39 is 6.23 Å². The third-order valence-corrected chi connectivity index (χ3v) is 6.03. The van der Waals surface area contributed by atoms with E-state index in [0.29, 0.717) is 62.4 Å². The van der Waals surface area contributed by atoms with Crippen LogP contribution in [0, 0.1) is 0 Å². The molecule has 1 aromatic carbocycles. The van der Waals surface area contributed by atoms with Gasteiger partial charge in [0.15, 0.2) is 22.8 Å². The zero-order valence-electron chi connectivity index (χ0n) is 19.0. The van der Waals surface area contributed by atoms with Crippen molar-refractivity contribution in [2.75, 3.05) is 74.4 Å². The molecular weight excluding hydrogens is 422 g/mol. The zero-order valence-corrected chi connectivity index (χ0v) is 19.0. The van der Waals surface area contributed by atoms with Crippen molar-refractivity contribution in [3.8, 4) is 11.3 Å². The molecule has 3 aromatic rings. The Hall–Kier alpha value is -3.08. The summed E-state index contributed by atoms with van der Waals surface area (Å²) >= 11 is 0. The number of nitrogens with zero attached hydrogens (tertiary/aromatic N) is 7. The smallest absolute Gasteiger partial charge is 0.229 e. The van der Waals surface area contributed by atoms with Gasteiger partial charge in [0.05, 0.1) is 26.4 Å². The molecule has 2 saturated heterocycles. The molecule has 1 N–H and O–H groups in total. The van der Waals surface area contributed by atoms with Crippen molar-refractivity contribution >= 4 is 28.7 Å². The third-order valence-electron chi connectivity index (χ3n) is 6.03. The van der Waals surface area contributed by atoms with Crippen LogP contribution in [0.4, 0.5) is 17.6 Å². The summed E-state index contributed by atoms with van der Waals surface area (Å²) in [5, 5.41) is 10.3. The normalized spacial score (nSPS) is 17.9. The maximum Gasteiger partial charge on any atom is 0.229 e. The minimum Gasteiger partial charge on any atom is -0.378 e. The van der Waals surface area contributed by atoms with Gasteiger partial charge in [-0.15, -0.1) is 0 Å². The molecule has 0 spiro atoms. The van der Waals surface area contributed by atoms with E-state index in [1.807, 2.05) is 30.3 Å². The lowest BCUT2D eigenvalue weighted by Crippen LogP contribution is -2.38. The molecule has 1 unspecified atom stereocenters. The van der Waals surface area contributed by atoms with Crippen LogP contribution < -0.4 is 14.7 Å². The van der Waals surface area contributed by atoms with Crippen molar-refractivity contribution in [3.05, 3.63) is 30.3 Å². The maximum absolute atomic E-state index is 10.3. The number of aliphatic hydroxyl groups is 1. The molecule has 10 heteroatoms. The fourth-order valence-corrected chi connectivity index (χ4v) is 4.03. The van der Waals surface area contributed by atoms with Gasteiger partial charge in [0.2, 0.25) is 5.95 Å². The fourth-order valence-electron chi connectivity index (χ4n) is 4.03. The molecule has 0 bridgehead atoms. The van der Waals surface area contributed by atoms with Gasteiger partial charge in [0, 0.05) is 38.8 Å². The number of aromatic nitrogens is 4. The van der Waals surface area contributed by atoms with Crippen molar-refractivity contribution in [2.24, 2.45) is 0 Å². The second-order valence-corrected chi connectivity index (χ2v) is 8.22. The molecule has 0 saturated carbocycles. The molecule has 2 fully saturated rings. The number of aliphatic hydroxyl groups excluding tert-OH is 1. The molecule has 0 amide bonds. The second-order valence-electron chi connectivity index (χ2n) is 8.22. The second kappa shape index (κ2) is 9.42.